The lowest BCUT2D eigenvalue weighted by atomic mass is 10.2. The number of benzene rings is 2. The largest absolute Gasteiger partial charge is 0.508 e. The van der Waals surface area contributed by atoms with Crippen LogP contribution in [0.4, 0.5) is 11.4 Å². The summed E-state index contributed by atoms with van der Waals surface area (Å²) in [5.74, 6) is -2.59. The first-order chi connectivity index (χ1) is 11.8. The second-order valence-corrected chi connectivity index (χ2v) is 5.18. The average molecular weight is 367 g/mol. The fraction of sp³-hybridized carbons (Fsp3) is 0.0667. The van der Waals surface area contributed by atoms with Crippen molar-refractivity contribution in [3.63, 3.8) is 0 Å². The van der Waals surface area contributed by atoms with Gasteiger partial charge >= 0.3 is 5.97 Å². The first-order valence-electron chi connectivity index (χ1n) is 6.71. The van der Waals surface area contributed by atoms with Crippen LogP contribution in [-0.4, -0.2) is 33.6 Å². The second-order valence-electron chi connectivity index (χ2n) is 4.74. The lowest BCUT2D eigenvalue weighted by molar-refractivity contribution is -0.383. The molecule has 0 aromatic heterocycles. The summed E-state index contributed by atoms with van der Waals surface area (Å²) in [5.41, 5.74) is -0.769. The molecule has 25 heavy (non-hydrogen) atoms. The molecule has 3 N–H and O–H groups in total. The van der Waals surface area contributed by atoms with Gasteiger partial charge in [0.1, 0.15) is 22.7 Å². The molecule has 0 atom stereocenters. The van der Waals surface area contributed by atoms with Gasteiger partial charge in [0.2, 0.25) is 0 Å². The zero-order chi connectivity index (χ0) is 18.6. The zero-order valence-electron chi connectivity index (χ0n) is 12.4. The molecule has 2 aromatic rings. The highest BCUT2D eigenvalue weighted by Crippen LogP contribution is 2.27. The molecule has 0 aliphatic carbocycles. The first-order valence-corrected chi connectivity index (χ1v) is 7.08. The van der Waals surface area contributed by atoms with Gasteiger partial charge in [-0.25, -0.2) is 4.79 Å². The van der Waals surface area contributed by atoms with E-state index in [0.29, 0.717) is 0 Å². The minimum atomic E-state index is -1.00. The Kier molecular flexibility index (Phi) is 5.40. The monoisotopic (exact) mass is 366 g/mol. The van der Waals surface area contributed by atoms with Crippen LogP contribution in [0, 0.1) is 10.1 Å². The molecule has 2 rings (SSSR count). The number of phenols is 2. The Morgan fingerprint density at radius 3 is 2.56 bits per heavy atom. The van der Waals surface area contributed by atoms with Crippen molar-refractivity contribution in [3.05, 3.63) is 57.1 Å². The van der Waals surface area contributed by atoms with E-state index in [0.717, 1.165) is 24.3 Å². The smallest absolute Gasteiger partial charge is 0.342 e. The fourth-order valence-electron chi connectivity index (χ4n) is 1.85. The molecule has 0 saturated carbocycles. The van der Waals surface area contributed by atoms with Crippen molar-refractivity contribution in [2.75, 3.05) is 11.9 Å². The maximum absolute atomic E-state index is 11.8. The number of carbonyl (C=O) groups is 2. The van der Waals surface area contributed by atoms with Crippen molar-refractivity contribution < 1.29 is 29.5 Å². The summed E-state index contributed by atoms with van der Waals surface area (Å²) in [4.78, 5) is 33.8. The van der Waals surface area contributed by atoms with Gasteiger partial charge in [-0.05, 0) is 24.3 Å². The highest BCUT2D eigenvalue weighted by molar-refractivity contribution is 6.31. The van der Waals surface area contributed by atoms with Crippen molar-refractivity contribution >= 4 is 34.9 Å². The van der Waals surface area contributed by atoms with E-state index in [1.54, 1.807) is 0 Å². The molecule has 0 saturated heterocycles. The predicted molar refractivity (Wildman–Crippen MR) is 86.8 cm³/mol. The molecule has 130 valence electrons. The number of amides is 1. The minimum absolute atomic E-state index is 0.108. The van der Waals surface area contributed by atoms with Crippen LogP contribution in [0.5, 0.6) is 11.5 Å². The Bertz CT molecular complexity index is 854. The molecule has 0 fully saturated rings. The number of halogens is 1. The van der Waals surface area contributed by atoms with Crippen molar-refractivity contribution in [1.82, 2.24) is 0 Å². The Labute approximate surface area is 145 Å². The average Bonchev–Trinajstić information content (AvgIpc) is 2.54. The molecule has 0 aliphatic heterocycles. The van der Waals surface area contributed by atoms with E-state index in [1.165, 1.54) is 12.1 Å². The highest BCUT2D eigenvalue weighted by Gasteiger charge is 2.18. The van der Waals surface area contributed by atoms with E-state index in [1.807, 2.05) is 0 Å². The number of rotatable bonds is 5. The molecule has 0 heterocycles. The normalized spacial score (nSPS) is 10.1. The van der Waals surface area contributed by atoms with Crippen LogP contribution in [0.15, 0.2) is 36.4 Å². The second kappa shape index (κ2) is 7.49. The van der Waals surface area contributed by atoms with E-state index in [9.17, 15) is 24.8 Å². The number of aromatic hydroxyl groups is 2. The summed E-state index contributed by atoms with van der Waals surface area (Å²) in [6.45, 7) is -0.737. The Morgan fingerprint density at radius 2 is 1.92 bits per heavy atom. The zero-order valence-corrected chi connectivity index (χ0v) is 13.2. The molecular weight excluding hydrogens is 356 g/mol. The SMILES string of the molecule is O=C(COC(=O)c1ccc(O)cc1O)Nc1ccc(Cl)cc1[N+](=O)[O-]. The summed E-state index contributed by atoms with van der Waals surface area (Å²) in [5, 5.41) is 32.0. The summed E-state index contributed by atoms with van der Waals surface area (Å²) in [7, 11) is 0. The van der Waals surface area contributed by atoms with Gasteiger partial charge in [-0.3, -0.25) is 14.9 Å². The van der Waals surface area contributed by atoms with Crippen LogP contribution in [-0.2, 0) is 9.53 Å². The lowest BCUT2D eigenvalue weighted by Gasteiger charge is -2.08. The number of hydrogen-bond acceptors (Lipinski definition) is 7. The number of anilines is 1. The number of nitrogens with one attached hydrogen (secondary N) is 1. The summed E-state index contributed by atoms with van der Waals surface area (Å²) in [6.07, 6.45) is 0. The summed E-state index contributed by atoms with van der Waals surface area (Å²) < 4.78 is 4.72. The number of nitrogens with zero attached hydrogens (tertiary/aromatic N) is 1. The van der Waals surface area contributed by atoms with Gasteiger partial charge in [-0.2, -0.15) is 0 Å². The number of hydrogen-bond donors (Lipinski definition) is 3. The van der Waals surface area contributed by atoms with E-state index in [4.69, 9.17) is 21.4 Å². The molecule has 0 unspecified atom stereocenters. The fourth-order valence-corrected chi connectivity index (χ4v) is 2.02. The quantitative estimate of drug-likeness (QED) is 0.419. The maximum atomic E-state index is 11.8. The summed E-state index contributed by atoms with van der Waals surface area (Å²) in [6, 6.07) is 6.88. The van der Waals surface area contributed by atoms with E-state index in [-0.39, 0.29) is 22.0 Å². The van der Waals surface area contributed by atoms with Gasteiger partial charge in [0.15, 0.2) is 6.61 Å². The molecule has 0 radical (unpaired) electrons. The van der Waals surface area contributed by atoms with Crippen LogP contribution in [0.3, 0.4) is 0 Å². The number of ether oxygens (including phenoxy) is 1. The third-order valence-electron chi connectivity index (χ3n) is 2.97. The number of carbonyl (C=O) groups excluding carboxylic acids is 2. The molecule has 10 heteroatoms. The van der Waals surface area contributed by atoms with Crippen LogP contribution < -0.4 is 5.32 Å². The van der Waals surface area contributed by atoms with Crippen molar-refractivity contribution in [1.29, 1.82) is 0 Å². The van der Waals surface area contributed by atoms with Crippen molar-refractivity contribution in [2.45, 2.75) is 0 Å². The standard InChI is InChI=1S/C15H11ClN2O7/c16-8-1-4-11(12(5-8)18(23)24)17-14(21)7-25-15(22)10-3-2-9(19)6-13(10)20/h1-6,19-20H,7H2,(H,17,21). The molecule has 0 aliphatic rings. The number of nitro groups is 1. The first kappa shape index (κ1) is 18.0. The van der Waals surface area contributed by atoms with Crippen molar-refractivity contribution in [2.24, 2.45) is 0 Å². The number of esters is 1. The van der Waals surface area contributed by atoms with Gasteiger partial charge in [-0.1, -0.05) is 11.6 Å². The van der Waals surface area contributed by atoms with Gasteiger partial charge in [0.25, 0.3) is 11.6 Å². The number of phenolic OH excluding ortho intramolecular Hbond substituents is 2. The molecule has 1 amide bonds. The molecule has 0 bridgehead atoms. The van der Waals surface area contributed by atoms with Crippen LogP contribution >= 0.6 is 11.6 Å². The minimum Gasteiger partial charge on any atom is -0.508 e. The van der Waals surface area contributed by atoms with E-state index >= 15 is 0 Å². The Balaban J connectivity index is 2.01. The number of nitro benzene ring substituents is 1. The maximum Gasteiger partial charge on any atom is 0.342 e. The molecule has 2 aromatic carbocycles. The van der Waals surface area contributed by atoms with E-state index < -0.39 is 34.8 Å². The third-order valence-corrected chi connectivity index (χ3v) is 3.20. The van der Waals surface area contributed by atoms with Crippen LogP contribution in [0.25, 0.3) is 0 Å². The van der Waals surface area contributed by atoms with Gasteiger partial charge in [0.05, 0.1) is 4.92 Å². The molecule has 9 nitrogen and oxygen atoms in total. The van der Waals surface area contributed by atoms with Crippen LogP contribution in [0.2, 0.25) is 5.02 Å². The van der Waals surface area contributed by atoms with Crippen LogP contribution in [0.1, 0.15) is 10.4 Å². The topological polar surface area (TPSA) is 139 Å². The third kappa shape index (κ3) is 4.58. The lowest BCUT2D eigenvalue weighted by Crippen LogP contribution is -2.21. The van der Waals surface area contributed by atoms with E-state index in [2.05, 4.69) is 5.32 Å². The van der Waals surface area contributed by atoms with Crippen molar-refractivity contribution in [3.8, 4) is 11.5 Å². The summed E-state index contributed by atoms with van der Waals surface area (Å²) >= 11 is 5.67. The predicted octanol–water partition coefficient (Wildman–Crippen LogP) is 2.45. The Hall–Kier alpha value is -3.33. The molecule has 0 spiro atoms. The van der Waals surface area contributed by atoms with Gasteiger partial charge in [0, 0.05) is 17.2 Å². The molecular formula is C15H11ClN2O7. The van der Waals surface area contributed by atoms with Gasteiger partial charge in [-0.15, -0.1) is 0 Å². The Morgan fingerprint density at radius 1 is 1.20 bits per heavy atom. The van der Waals surface area contributed by atoms with Gasteiger partial charge < -0.3 is 20.3 Å². The highest BCUT2D eigenvalue weighted by atomic mass is 35.5.